The first-order valence-corrected chi connectivity index (χ1v) is 9.02. The molecule has 1 N–H and O–H groups in total. The number of furan rings is 1. The van der Waals surface area contributed by atoms with Gasteiger partial charge in [-0.3, -0.25) is 4.90 Å². The summed E-state index contributed by atoms with van der Waals surface area (Å²) in [7, 11) is 2.11. The van der Waals surface area contributed by atoms with Crippen molar-refractivity contribution in [2.24, 2.45) is 0 Å². The Morgan fingerprint density at radius 2 is 2.07 bits per heavy atom. The number of rotatable bonds is 0. The van der Waals surface area contributed by atoms with Crippen LogP contribution in [0.5, 0.6) is 5.95 Å². The van der Waals surface area contributed by atoms with E-state index in [-0.39, 0.29) is 0 Å². The third-order valence-electron chi connectivity index (χ3n) is 4.24. The van der Waals surface area contributed by atoms with E-state index in [0.717, 1.165) is 25.2 Å². The maximum absolute atomic E-state index is 5.76. The molecule has 1 aliphatic heterocycles. The molecule has 138 valence electrons. The number of anilines is 2. The Morgan fingerprint density at radius 3 is 3.04 bits per heavy atom. The zero-order chi connectivity index (χ0) is 18.5. The number of likely N-dealkylation sites (N-methyl/N-ethyl adjacent to an activating group) is 1. The predicted molar refractivity (Wildman–Crippen MR) is 105 cm³/mol. The van der Waals surface area contributed by atoms with Crippen molar-refractivity contribution < 1.29 is 9.15 Å². The topological polar surface area (TPSA) is 63.4 Å². The lowest BCUT2D eigenvalue weighted by Crippen LogP contribution is -2.17. The molecule has 0 unspecified atom stereocenters. The van der Waals surface area contributed by atoms with Crippen LogP contribution in [0, 0.1) is 0 Å². The molecule has 0 amide bonds. The molecule has 0 fully saturated rings. The van der Waals surface area contributed by atoms with E-state index >= 15 is 0 Å². The van der Waals surface area contributed by atoms with E-state index in [2.05, 4.69) is 51.5 Å². The molecule has 4 rings (SSSR count). The summed E-state index contributed by atoms with van der Waals surface area (Å²) in [5.74, 6) is 1.68. The standard InChI is InChI=1S/C21H22N4O2/c1-25-12-3-2-4-13-26-20-9-8-19(27-20)18-10-11-22-21(24-18)23-17-7-5-6-16(14-17)15-25/h2-3,5-11,14H,4,12-13,15H2,1H3,(H,22,23,24). The first kappa shape index (κ1) is 17.3. The van der Waals surface area contributed by atoms with Gasteiger partial charge in [0.25, 0.3) is 5.95 Å². The second-order valence-corrected chi connectivity index (χ2v) is 6.51. The molecule has 0 saturated heterocycles. The molecule has 0 radical (unpaired) electrons. The van der Waals surface area contributed by atoms with Crippen molar-refractivity contribution in [3.8, 4) is 17.4 Å². The Bertz CT molecular complexity index is 935. The summed E-state index contributed by atoms with van der Waals surface area (Å²) in [6.07, 6.45) is 6.86. The molecule has 2 aromatic heterocycles. The van der Waals surface area contributed by atoms with Crippen LogP contribution in [-0.4, -0.2) is 35.1 Å². The van der Waals surface area contributed by atoms with Gasteiger partial charge in [0.15, 0.2) is 5.76 Å². The van der Waals surface area contributed by atoms with E-state index in [0.29, 0.717) is 30.0 Å². The van der Waals surface area contributed by atoms with Gasteiger partial charge in [-0.25, -0.2) is 9.97 Å². The van der Waals surface area contributed by atoms with Gasteiger partial charge in [-0.2, -0.15) is 0 Å². The van der Waals surface area contributed by atoms with Crippen LogP contribution in [0.25, 0.3) is 11.5 Å². The minimum atomic E-state index is 0.498. The van der Waals surface area contributed by atoms with Crippen LogP contribution in [0.3, 0.4) is 0 Å². The molecule has 0 atom stereocenters. The third kappa shape index (κ3) is 4.54. The lowest BCUT2D eigenvalue weighted by Gasteiger charge is -2.15. The number of hydrogen-bond donors (Lipinski definition) is 1. The number of ether oxygens (including phenoxy) is 1. The monoisotopic (exact) mass is 362 g/mol. The lowest BCUT2D eigenvalue weighted by atomic mass is 10.2. The quantitative estimate of drug-likeness (QED) is 0.603. The average molecular weight is 362 g/mol. The van der Waals surface area contributed by atoms with E-state index in [1.54, 1.807) is 6.20 Å². The van der Waals surface area contributed by atoms with Gasteiger partial charge in [-0.15, -0.1) is 0 Å². The number of fused-ring (bicyclic) bond motifs is 7. The molecule has 1 aliphatic rings. The lowest BCUT2D eigenvalue weighted by molar-refractivity contribution is 0.250. The van der Waals surface area contributed by atoms with E-state index in [1.807, 2.05) is 30.3 Å². The third-order valence-corrected chi connectivity index (χ3v) is 4.24. The minimum Gasteiger partial charge on any atom is -0.465 e. The molecule has 3 aromatic rings. The van der Waals surface area contributed by atoms with Gasteiger partial charge in [-0.05, 0) is 43.3 Å². The van der Waals surface area contributed by atoms with Crippen molar-refractivity contribution in [2.75, 3.05) is 25.5 Å². The van der Waals surface area contributed by atoms with Gasteiger partial charge in [0.1, 0.15) is 5.69 Å². The fourth-order valence-electron chi connectivity index (χ4n) is 2.94. The maximum Gasteiger partial charge on any atom is 0.284 e. The van der Waals surface area contributed by atoms with Gasteiger partial charge in [-0.1, -0.05) is 24.3 Å². The van der Waals surface area contributed by atoms with Crippen molar-refractivity contribution in [1.29, 1.82) is 0 Å². The van der Waals surface area contributed by atoms with Gasteiger partial charge in [0.2, 0.25) is 5.95 Å². The number of hydrogen-bond acceptors (Lipinski definition) is 6. The zero-order valence-electron chi connectivity index (χ0n) is 15.3. The zero-order valence-corrected chi connectivity index (χ0v) is 15.3. The summed E-state index contributed by atoms with van der Waals surface area (Å²) in [6.45, 7) is 2.32. The maximum atomic E-state index is 5.76. The average Bonchev–Trinajstić information content (AvgIpc) is 3.13. The fourth-order valence-corrected chi connectivity index (χ4v) is 2.94. The van der Waals surface area contributed by atoms with E-state index < -0.39 is 0 Å². The van der Waals surface area contributed by atoms with Crippen LogP contribution in [0.15, 0.2) is 65.2 Å². The van der Waals surface area contributed by atoms with Crippen LogP contribution in [0.2, 0.25) is 0 Å². The van der Waals surface area contributed by atoms with Gasteiger partial charge in [0.05, 0.1) is 6.61 Å². The predicted octanol–water partition coefficient (Wildman–Crippen LogP) is 4.25. The molecule has 1 aromatic carbocycles. The van der Waals surface area contributed by atoms with Gasteiger partial charge < -0.3 is 14.5 Å². The smallest absolute Gasteiger partial charge is 0.284 e. The van der Waals surface area contributed by atoms with Crippen molar-refractivity contribution in [2.45, 2.75) is 13.0 Å². The highest BCUT2D eigenvalue weighted by Gasteiger charge is 2.09. The van der Waals surface area contributed by atoms with Crippen LogP contribution in [-0.2, 0) is 6.54 Å². The molecule has 27 heavy (non-hydrogen) atoms. The highest BCUT2D eigenvalue weighted by molar-refractivity contribution is 5.59. The van der Waals surface area contributed by atoms with Crippen LogP contribution in [0.1, 0.15) is 12.0 Å². The number of benzene rings is 1. The van der Waals surface area contributed by atoms with Gasteiger partial charge >= 0.3 is 0 Å². The Hall–Kier alpha value is -3.12. The second kappa shape index (κ2) is 8.05. The Labute approximate surface area is 158 Å². The van der Waals surface area contributed by atoms with Crippen LogP contribution < -0.4 is 10.1 Å². The highest BCUT2D eigenvalue weighted by atomic mass is 16.6. The summed E-state index contributed by atoms with van der Waals surface area (Å²) in [4.78, 5) is 11.1. The normalized spacial score (nSPS) is 15.3. The van der Waals surface area contributed by atoms with E-state index in [9.17, 15) is 0 Å². The SMILES string of the molecule is CN1CC=CCCOc2ccc(o2)-c2ccnc(n2)Nc2cccc(c2)C1. The Morgan fingerprint density at radius 1 is 1.11 bits per heavy atom. The Kier molecular flexibility index (Phi) is 5.16. The molecular weight excluding hydrogens is 340 g/mol. The molecule has 0 saturated carbocycles. The highest BCUT2D eigenvalue weighted by Crippen LogP contribution is 2.26. The summed E-state index contributed by atoms with van der Waals surface area (Å²) >= 11 is 0. The summed E-state index contributed by atoms with van der Waals surface area (Å²) in [5, 5.41) is 3.28. The van der Waals surface area contributed by atoms with E-state index in [1.165, 1.54) is 5.56 Å². The summed E-state index contributed by atoms with van der Waals surface area (Å²) in [5.41, 5.74) is 2.89. The largest absolute Gasteiger partial charge is 0.465 e. The summed E-state index contributed by atoms with van der Waals surface area (Å²) < 4.78 is 11.4. The molecule has 6 heteroatoms. The molecule has 3 heterocycles. The Balaban J connectivity index is 1.64. The molecule has 0 spiro atoms. The molecular formula is C21H22N4O2. The van der Waals surface area contributed by atoms with Crippen molar-refractivity contribution >= 4 is 11.6 Å². The van der Waals surface area contributed by atoms with Crippen LogP contribution in [0.4, 0.5) is 11.6 Å². The van der Waals surface area contributed by atoms with Crippen molar-refractivity contribution in [3.63, 3.8) is 0 Å². The van der Waals surface area contributed by atoms with Crippen molar-refractivity contribution in [3.05, 3.63) is 66.4 Å². The molecule has 6 bridgehead atoms. The van der Waals surface area contributed by atoms with Gasteiger partial charge in [0, 0.05) is 31.0 Å². The second-order valence-electron chi connectivity index (χ2n) is 6.51. The molecule has 6 nitrogen and oxygen atoms in total. The molecule has 0 aliphatic carbocycles. The fraction of sp³-hybridized carbons (Fsp3) is 0.238. The number of aromatic nitrogens is 2. The van der Waals surface area contributed by atoms with Crippen LogP contribution >= 0.6 is 0 Å². The number of nitrogens with one attached hydrogen (secondary N) is 1. The summed E-state index contributed by atoms with van der Waals surface area (Å²) in [6, 6.07) is 13.8. The first-order valence-electron chi connectivity index (χ1n) is 9.02. The minimum absolute atomic E-state index is 0.498. The van der Waals surface area contributed by atoms with E-state index in [4.69, 9.17) is 9.15 Å². The first-order chi connectivity index (χ1) is 13.3. The number of nitrogens with zero attached hydrogens (tertiary/aromatic N) is 3. The van der Waals surface area contributed by atoms with Crippen molar-refractivity contribution in [1.82, 2.24) is 14.9 Å².